The predicted molar refractivity (Wildman–Crippen MR) is 84.4 cm³/mol. The molecule has 3 nitrogen and oxygen atoms in total. The van der Waals surface area contributed by atoms with Gasteiger partial charge in [-0.3, -0.25) is 0 Å². The van der Waals surface area contributed by atoms with Crippen molar-refractivity contribution in [1.82, 2.24) is 0 Å². The number of allylic oxidation sites excluding steroid dienone is 2. The summed E-state index contributed by atoms with van der Waals surface area (Å²) in [5.41, 5.74) is 2.81. The highest BCUT2D eigenvalue weighted by Crippen LogP contribution is 2.45. The van der Waals surface area contributed by atoms with Crippen LogP contribution in [-0.2, 0) is 4.74 Å². The van der Waals surface area contributed by atoms with Crippen molar-refractivity contribution < 1.29 is 9.53 Å². The van der Waals surface area contributed by atoms with Crippen LogP contribution in [0, 0.1) is 24.7 Å². The molecule has 2 bridgehead atoms. The number of carbonyl (C=O) groups excluding carboxylic acids is 1. The third-order valence-electron chi connectivity index (χ3n) is 5.00. The van der Waals surface area contributed by atoms with Gasteiger partial charge in [0.2, 0.25) is 0 Å². The molecule has 0 spiro atoms. The second-order valence-electron chi connectivity index (χ2n) is 6.40. The number of esters is 1. The lowest BCUT2D eigenvalue weighted by Crippen LogP contribution is -2.29. The molecule has 1 N–H and O–H groups in total. The maximum Gasteiger partial charge on any atom is 0.337 e. The maximum absolute atomic E-state index is 11.5. The molecular weight excluding hydrogens is 262 g/mol. The van der Waals surface area contributed by atoms with Crippen LogP contribution in [-0.4, -0.2) is 19.1 Å². The van der Waals surface area contributed by atoms with Gasteiger partial charge in [-0.05, 0) is 68.2 Å². The molecule has 0 saturated heterocycles. The molecular formula is C18H23NO2. The molecule has 0 heterocycles. The Morgan fingerprint density at radius 3 is 2.71 bits per heavy atom. The van der Waals surface area contributed by atoms with Crippen LogP contribution >= 0.6 is 0 Å². The predicted octanol–water partition coefficient (Wildman–Crippen LogP) is 3.79. The fraction of sp³-hybridized carbons (Fsp3) is 0.500. The monoisotopic (exact) mass is 285 g/mol. The molecule has 1 saturated carbocycles. The first-order valence-electron chi connectivity index (χ1n) is 7.72. The zero-order valence-corrected chi connectivity index (χ0v) is 12.9. The third-order valence-corrected chi connectivity index (χ3v) is 5.00. The largest absolute Gasteiger partial charge is 0.465 e. The lowest BCUT2D eigenvalue weighted by atomic mass is 9.87. The summed E-state index contributed by atoms with van der Waals surface area (Å²) in [5, 5.41) is 3.64. The average molecular weight is 285 g/mol. The van der Waals surface area contributed by atoms with Gasteiger partial charge in [-0.2, -0.15) is 0 Å². The van der Waals surface area contributed by atoms with E-state index >= 15 is 0 Å². The number of hydrogen-bond donors (Lipinski definition) is 1. The minimum Gasteiger partial charge on any atom is -0.465 e. The molecule has 1 fully saturated rings. The number of carbonyl (C=O) groups is 1. The van der Waals surface area contributed by atoms with Gasteiger partial charge in [0.05, 0.1) is 12.7 Å². The third kappa shape index (κ3) is 2.69. The van der Waals surface area contributed by atoms with Crippen LogP contribution in [0.2, 0.25) is 0 Å². The van der Waals surface area contributed by atoms with Gasteiger partial charge >= 0.3 is 5.97 Å². The highest BCUT2D eigenvalue weighted by Gasteiger charge is 2.38. The van der Waals surface area contributed by atoms with Crippen LogP contribution in [0.4, 0.5) is 5.69 Å². The Hall–Kier alpha value is -1.77. The number of benzene rings is 1. The summed E-state index contributed by atoms with van der Waals surface area (Å²) in [4.78, 5) is 11.5. The van der Waals surface area contributed by atoms with E-state index in [9.17, 15) is 4.79 Å². The number of rotatable bonds is 4. The number of nitrogens with one attached hydrogen (secondary N) is 1. The van der Waals surface area contributed by atoms with Crippen molar-refractivity contribution in [2.45, 2.75) is 32.7 Å². The normalized spacial score (nSPS) is 27.7. The lowest BCUT2D eigenvalue weighted by molar-refractivity contribution is 0.0600. The van der Waals surface area contributed by atoms with Crippen molar-refractivity contribution in [2.75, 3.05) is 12.4 Å². The molecule has 2 aliphatic rings. The molecule has 1 aromatic rings. The van der Waals surface area contributed by atoms with E-state index < -0.39 is 0 Å². The summed E-state index contributed by atoms with van der Waals surface area (Å²) in [7, 11) is 1.41. The minimum atomic E-state index is -0.282. The number of anilines is 1. The van der Waals surface area contributed by atoms with Crippen molar-refractivity contribution in [3.8, 4) is 0 Å². The molecule has 3 rings (SSSR count). The number of methoxy groups -OCH3 is 1. The van der Waals surface area contributed by atoms with E-state index in [0.29, 0.717) is 11.6 Å². The second-order valence-corrected chi connectivity index (χ2v) is 6.40. The Balaban J connectivity index is 1.70. The fourth-order valence-corrected chi connectivity index (χ4v) is 3.82. The molecule has 0 amide bonds. The van der Waals surface area contributed by atoms with Crippen LogP contribution in [0.15, 0.2) is 30.4 Å². The van der Waals surface area contributed by atoms with Gasteiger partial charge in [0.1, 0.15) is 0 Å². The number of aryl methyl sites for hydroxylation is 1. The van der Waals surface area contributed by atoms with E-state index in [4.69, 9.17) is 4.74 Å². The Labute approximate surface area is 126 Å². The van der Waals surface area contributed by atoms with Crippen molar-refractivity contribution >= 4 is 11.7 Å². The van der Waals surface area contributed by atoms with Gasteiger partial charge in [0, 0.05) is 11.7 Å². The quantitative estimate of drug-likeness (QED) is 0.675. The Bertz CT molecular complexity index is 579. The van der Waals surface area contributed by atoms with Gasteiger partial charge in [0.15, 0.2) is 0 Å². The molecule has 0 radical (unpaired) electrons. The van der Waals surface area contributed by atoms with Crippen molar-refractivity contribution in [2.24, 2.45) is 17.8 Å². The lowest BCUT2D eigenvalue weighted by Gasteiger charge is -2.27. The molecule has 1 aromatic carbocycles. The summed E-state index contributed by atoms with van der Waals surface area (Å²) in [6.45, 7) is 4.30. The number of fused-ring (bicyclic) bond motifs is 2. The molecule has 0 aromatic heterocycles. The van der Waals surface area contributed by atoms with Gasteiger partial charge in [-0.25, -0.2) is 4.79 Å². The summed E-state index contributed by atoms with van der Waals surface area (Å²) in [6, 6.07) is 6.16. The minimum absolute atomic E-state index is 0.282. The van der Waals surface area contributed by atoms with Crippen LogP contribution in [0.3, 0.4) is 0 Å². The molecule has 4 atom stereocenters. The van der Waals surface area contributed by atoms with Gasteiger partial charge in [-0.15, -0.1) is 0 Å². The second kappa shape index (κ2) is 5.55. The molecule has 4 unspecified atom stereocenters. The van der Waals surface area contributed by atoms with E-state index in [-0.39, 0.29) is 5.97 Å². The zero-order chi connectivity index (χ0) is 15.0. The Morgan fingerprint density at radius 2 is 2.14 bits per heavy atom. The first-order chi connectivity index (χ1) is 10.1. The van der Waals surface area contributed by atoms with E-state index in [1.54, 1.807) is 0 Å². The molecule has 0 aliphatic heterocycles. The van der Waals surface area contributed by atoms with Crippen LogP contribution < -0.4 is 5.32 Å². The molecule has 21 heavy (non-hydrogen) atoms. The van der Waals surface area contributed by atoms with E-state index in [0.717, 1.165) is 29.0 Å². The smallest absolute Gasteiger partial charge is 0.337 e. The SMILES string of the molecule is COC(=O)c1ccc(NC(C)C2CC3C=CC2C3)c(C)c1. The van der Waals surface area contributed by atoms with Crippen molar-refractivity contribution in [3.05, 3.63) is 41.5 Å². The van der Waals surface area contributed by atoms with Gasteiger partial charge in [0.25, 0.3) is 0 Å². The van der Waals surface area contributed by atoms with Gasteiger partial charge < -0.3 is 10.1 Å². The number of hydrogen-bond acceptors (Lipinski definition) is 3. The fourth-order valence-electron chi connectivity index (χ4n) is 3.82. The van der Waals surface area contributed by atoms with E-state index in [1.165, 1.54) is 20.0 Å². The van der Waals surface area contributed by atoms with Gasteiger partial charge in [-0.1, -0.05) is 12.2 Å². The summed E-state index contributed by atoms with van der Waals surface area (Å²) in [6.07, 6.45) is 7.40. The van der Waals surface area contributed by atoms with Crippen LogP contribution in [0.25, 0.3) is 0 Å². The molecule has 3 heteroatoms. The summed E-state index contributed by atoms with van der Waals surface area (Å²) < 4.78 is 4.76. The van der Waals surface area contributed by atoms with Crippen molar-refractivity contribution in [3.63, 3.8) is 0 Å². The first kappa shape index (κ1) is 14.2. The highest BCUT2D eigenvalue weighted by molar-refractivity contribution is 5.90. The topological polar surface area (TPSA) is 38.3 Å². The van der Waals surface area contributed by atoms with Crippen LogP contribution in [0.1, 0.15) is 35.7 Å². The first-order valence-corrected chi connectivity index (χ1v) is 7.72. The number of ether oxygens (including phenoxy) is 1. The molecule has 2 aliphatic carbocycles. The van der Waals surface area contributed by atoms with Crippen LogP contribution in [0.5, 0.6) is 0 Å². The Kier molecular flexibility index (Phi) is 3.75. The zero-order valence-electron chi connectivity index (χ0n) is 12.9. The standard InChI is InChI=1S/C18H23NO2/c1-11-8-15(18(20)21-3)6-7-17(11)19-12(2)16-10-13-4-5-14(16)9-13/h4-8,12-14,16,19H,9-10H2,1-3H3. The average Bonchev–Trinajstić information content (AvgIpc) is 3.11. The Morgan fingerprint density at radius 1 is 1.33 bits per heavy atom. The maximum atomic E-state index is 11.5. The summed E-state index contributed by atoms with van der Waals surface area (Å²) >= 11 is 0. The van der Waals surface area contributed by atoms with Crippen molar-refractivity contribution in [1.29, 1.82) is 0 Å². The van der Waals surface area contributed by atoms with E-state index in [1.807, 2.05) is 25.1 Å². The van der Waals surface area contributed by atoms with E-state index in [2.05, 4.69) is 24.4 Å². The molecule has 112 valence electrons. The highest BCUT2D eigenvalue weighted by atomic mass is 16.5. The summed E-state index contributed by atoms with van der Waals surface area (Å²) in [5.74, 6) is 1.98.